The number of nitrogens with one attached hydrogen (secondary N) is 2. The molecule has 1 aliphatic rings. The van der Waals surface area contributed by atoms with Gasteiger partial charge in [-0.15, -0.1) is 0 Å². The Bertz CT molecular complexity index is 988. The van der Waals surface area contributed by atoms with Crippen LogP contribution in [0.15, 0.2) is 47.4 Å². The van der Waals surface area contributed by atoms with Gasteiger partial charge in [-0.25, -0.2) is 8.42 Å². The van der Waals surface area contributed by atoms with E-state index in [4.69, 9.17) is 4.74 Å². The smallest absolute Gasteiger partial charge is 0.293 e. The second-order valence-electron chi connectivity index (χ2n) is 7.00. The van der Waals surface area contributed by atoms with Gasteiger partial charge in [0.15, 0.2) is 0 Å². The molecule has 1 fully saturated rings. The van der Waals surface area contributed by atoms with Crippen LogP contribution in [0.3, 0.4) is 0 Å². The predicted molar refractivity (Wildman–Crippen MR) is 109 cm³/mol. The molecule has 2 aromatic carbocycles. The van der Waals surface area contributed by atoms with Crippen LogP contribution in [0.4, 0.5) is 11.4 Å². The van der Waals surface area contributed by atoms with Crippen LogP contribution >= 0.6 is 0 Å². The Morgan fingerprint density at radius 3 is 2.59 bits per heavy atom. The van der Waals surface area contributed by atoms with E-state index >= 15 is 0 Å². The Kier molecular flexibility index (Phi) is 6.36. The second-order valence-corrected chi connectivity index (χ2v) is 8.94. The Labute approximate surface area is 170 Å². The number of nitro benzene ring substituents is 1. The number of piperazine rings is 1. The third-order valence-electron chi connectivity index (χ3n) is 5.00. The number of quaternary nitrogens is 1. The number of anilines is 1. The molecule has 0 amide bonds. The number of nitrogens with zero attached hydrogens (tertiary/aromatic N) is 2. The minimum atomic E-state index is -3.76. The highest BCUT2D eigenvalue weighted by Gasteiger charge is 2.31. The van der Waals surface area contributed by atoms with Gasteiger partial charge in [-0.1, -0.05) is 12.1 Å². The van der Waals surface area contributed by atoms with E-state index in [1.807, 2.05) is 31.3 Å². The molecular formula is C19H25N4O5S+. The van der Waals surface area contributed by atoms with E-state index in [-0.39, 0.29) is 16.3 Å². The van der Waals surface area contributed by atoms with Gasteiger partial charge in [-0.05, 0) is 29.8 Å². The molecule has 0 saturated carbocycles. The molecule has 2 aromatic rings. The van der Waals surface area contributed by atoms with Gasteiger partial charge in [0.25, 0.3) is 5.69 Å². The van der Waals surface area contributed by atoms with Crippen LogP contribution in [0.5, 0.6) is 5.75 Å². The number of hydrogen-bond acceptors (Lipinski definition) is 6. The maximum atomic E-state index is 12.9. The van der Waals surface area contributed by atoms with Gasteiger partial charge >= 0.3 is 0 Å². The first-order valence-corrected chi connectivity index (χ1v) is 10.7. The quantitative estimate of drug-likeness (QED) is 0.504. The summed E-state index contributed by atoms with van der Waals surface area (Å²) >= 11 is 0. The topological polar surface area (TPSA) is 106 Å². The predicted octanol–water partition coefficient (Wildman–Crippen LogP) is 0.735. The van der Waals surface area contributed by atoms with Gasteiger partial charge in [0, 0.05) is 12.6 Å². The van der Waals surface area contributed by atoms with Crippen molar-refractivity contribution in [3.05, 3.63) is 58.1 Å². The van der Waals surface area contributed by atoms with Crippen LogP contribution in [-0.2, 0) is 16.6 Å². The van der Waals surface area contributed by atoms with Crippen molar-refractivity contribution in [1.82, 2.24) is 4.31 Å². The number of benzene rings is 2. The van der Waals surface area contributed by atoms with Crippen LogP contribution in [0.25, 0.3) is 0 Å². The van der Waals surface area contributed by atoms with Crippen molar-refractivity contribution in [2.75, 3.05) is 45.7 Å². The van der Waals surface area contributed by atoms with E-state index in [0.717, 1.165) is 11.6 Å². The molecule has 0 aromatic heterocycles. The standard InChI is InChI=1S/C19H24N4O5S/c1-21-8-10-22(11-9-21)29(26,27)17-6-7-18(19(13-17)23(24)25)20-14-15-4-3-5-16(12-15)28-2/h3-7,12-13,20H,8-11,14H2,1-2H3/p+1. The lowest BCUT2D eigenvalue weighted by atomic mass is 10.2. The maximum absolute atomic E-state index is 12.9. The molecule has 0 unspecified atom stereocenters. The highest BCUT2D eigenvalue weighted by atomic mass is 32.2. The molecule has 0 radical (unpaired) electrons. The van der Waals surface area contributed by atoms with Crippen molar-refractivity contribution in [2.24, 2.45) is 0 Å². The van der Waals surface area contributed by atoms with Crippen molar-refractivity contribution in [1.29, 1.82) is 0 Å². The first-order valence-electron chi connectivity index (χ1n) is 9.28. The number of likely N-dealkylation sites (N-methyl/N-ethyl adjacent to an activating group) is 1. The van der Waals surface area contributed by atoms with Crippen molar-refractivity contribution < 1.29 is 23.0 Å². The molecule has 0 bridgehead atoms. The molecule has 3 rings (SSSR count). The largest absolute Gasteiger partial charge is 0.497 e. The lowest BCUT2D eigenvalue weighted by Gasteiger charge is -2.29. The minimum Gasteiger partial charge on any atom is -0.497 e. The highest BCUT2D eigenvalue weighted by molar-refractivity contribution is 7.89. The summed E-state index contributed by atoms with van der Waals surface area (Å²) < 4.78 is 32.3. The van der Waals surface area contributed by atoms with E-state index in [1.165, 1.54) is 21.3 Å². The lowest BCUT2D eigenvalue weighted by Crippen LogP contribution is -3.12. The van der Waals surface area contributed by atoms with Gasteiger partial charge < -0.3 is 15.0 Å². The third kappa shape index (κ3) is 4.84. The fourth-order valence-electron chi connectivity index (χ4n) is 3.21. The summed E-state index contributed by atoms with van der Waals surface area (Å²) in [4.78, 5) is 12.2. The van der Waals surface area contributed by atoms with Crippen molar-refractivity contribution in [3.8, 4) is 5.75 Å². The van der Waals surface area contributed by atoms with E-state index in [0.29, 0.717) is 38.5 Å². The monoisotopic (exact) mass is 421 g/mol. The second kappa shape index (κ2) is 8.76. The molecule has 29 heavy (non-hydrogen) atoms. The highest BCUT2D eigenvalue weighted by Crippen LogP contribution is 2.29. The normalized spacial score (nSPS) is 15.8. The summed E-state index contributed by atoms with van der Waals surface area (Å²) in [7, 11) is -0.184. The molecule has 1 saturated heterocycles. The summed E-state index contributed by atoms with van der Waals surface area (Å²) in [6.45, 7) is 2.56. The van der Waals surface area contributed by atoms with Crippen LogP contribution in [0.2, 0.25) is 0 Å². The Hall–Kier alpha value is -2.69. The number of nitro groups is 1. The summed E-state index contributed by atoms with van der Waals surface area (Å²) in [5.41, 5.74) is 0.878. The molecule has 1 heterocycles. The van der Waals surface area contributed by atoms with Gasteiger partial charge in [-0.2, -0.15) is 4.31 Å². The molecule has 156 valence electrons. The molecule has 1 aliphatic heterocycles. The lowest BCUT2D eigenvalue weighted by molar-refractivity contribution is -0.883. The number of methoxy groups -OCH3 is 1. The SMILES string of the molecule is COc1cccc(CNc2ccc(S(=O)(=O)N3CC[NH+](C)CC3)cc2[N+](=O)[O-])c1. The molecule has 0 aliphatic carbocycles. The van der Waals surface area contributed by atoms with Crippen LogP contribution < -0.4 is 15.0 Å². The Morgan fingerprint density at radius 2 is 1.93 bits per heavy atom. The molecule has 2 N–H and O–H groups in total. The molecule has 9 nitrogen and oxygen atoms in total. The van der Waals surface area contributed by atoms with Crippen molar-refractivity contribution in [3.63, 3.8) is 0 Å². The molecule has 0 atom stereocenters. The zero-order valence-corrected chi connectivity index (χ0v) is 17.2. The van der Waals surface area contributed by atoms with Crippen LogP contribution in [0.1, 0.15) is 5.56 Å². The average Bonchev–Trinajstić information content (AvgIpc) is 2.72. The first kappa shape index (κ1) is 21.0. The summed E-state index contributed by atoms with van der Waals surface area (Å²) in [5, 5.41) is 14.6. The Morgan fingerprint density at radius 1 is 1.21 bits per heavy atom. The molecule has 0 spiro atoms. The van der Waals surface area contributed by atoms with E-state index < -0.39 is 14.9 Å². The minimum absolute atomic E-state index is 0.0596. The van der Waals surface area contributed by atoms with E-state index in [1.54, 1.807) is 7.11 Å². The van der Waals surface area contributed by atoms with E-state index in [9.17, 15) is 18.5 Å². The fourth-order valence-corrected chi connectivity index (χ4v) is 4.67. The average molecular weight is 421 g/mol. The van der Waals surface area contributed by atoms with E-state index in [2.05, 4.69) is 5.32 Å². The summed E-state index contributed by atoms with van der Waals surface area (Å²) in [6, 6.07) is 11.3. The summed E-state index contributed by atoms with van der Waals surface area (Å²) in [5.74, 6) is 0.689. The zero-order chi connectivity index (χ0) is 21.0. The fraction of sp³-hybridized carbons (Fsp3) is 0.368. The number of rotatable bonds is 7. The van der Waals surface area contributed by atoms with Crippen LogP contribution in [0, 0.1) is 10.1 Å². The van der Waals surface area contributed by atoms with Crippen molar-refractivity contribution >= 4 is 21.4 Å². The number of ether oxygens (including phenoxy) is 1. The zero-order valence-electron chi connectivity index (χ0n) is 16.4. The number of hydrogen-bond donors (Lipinski definition) is 2. The Balaban J connectivity index is 1.82. The van der Waals surface area contributed by atoms with Gasteiger partial charge in [0.1, 0.15) is 11.4 Å². The van der Waals surface area contributed by atoms with Gasteiger partial charge in [0.05, 0.1) is 50.2 Å². The molecular weight excluding hydrogens is 396 g/mol. The first-order chi connectivity index (χ1) is 13.8. The summed E-state index contributed by atoms with van der Waals surface area (Å²) in [6.07, 6.45) is 0. The maximum Gasteiger partial charge on any atom is 0.293 e. The number of sulfonamides is 1. The van der Waals surface area contributed by atoms with Crippen LogP contribution in [-0.4, -0.2) is 58.0 Å². The van der Waals surface area contributed by atoms with Crippen molar-refractivity contribution in [2.45, 2.75) is 11.4 Å². The third-order valence-corrected chi connectivity index (χ3v) is 6.89. The van der Waals surface area contributed by atoms with Gasteiger partial charge in [0.2, 0.25) is 10.0 Å². The molecule has 10 heteroatoms. The van der Waals surface area contributed by atoms with Gasteiger partial charge in [-0.3, -0.25) is 10.1 Å².